The maximum absolute atomic E-state index is 12.9. The summed E-state index contributed by atoms with van der Waals surface area (Å²) in [5.41, 5.74) is 3.90. The number of aryl methyl sites for hydroxylation is 1. The summed E-state index contributed by atoms with van der Waals surface area (Å²) in [7, 11) is 0. The lowest BCUT2D eigenvalue weighted by atomic mass is 9.90. The van der Waals surface area contributed by atoms with E-state index >= 15 is 0 Å². The van der Waals surface area contributed by atoms with Gasteiger partial charge in [-0.2, -0.15) is 0 Å². The molecule has 1 aromatic carbocycles. The van der Waals surface area contributed by atoms with Crippen LogP contribution in [-0.4, -0.2) is 43.2 Å². The fraction of sp³-hybridized carbons (Fsp3) is 0.524. The second-order valence-electron chi connectivity index (χ2n) is 7.79. The first kappa shape index (κ1) is 17.2. The molecule has 27 heavy (non-hydrogen) atoms. The van der Waals surface area contributed by atoms with Crippen LogP contribution in [0.5, 0.6) is 0 Å². The molecule has 1 aromatic heterocycles. The molecule has 2 aromatic rings. The molecule has 0 bridgehead atoms. The van der Waals surface area contributed by atoms with E-state index in [-0.39, 0.29) is 17.9 Å². The number of amides is 1. The number of hydrogen-bond acceptors (Lipinski definition) is 5. The van der Waals surface area contributed by atoms with Gasteiger partial charge in [-0.1, -0.05) is 24.3 Å². The minimum atomic E-state index is 0.0563. The highest BCUT2D eigenvalue weighted by molar-refractivity contribution is 7.15. The predicted molar refractivity (Wildman–Crippen MR) is 106 cm³/mol. The van der Waals surface area contributed by atoms with Crippen LogP contribution < -0.4 is 10.2 Å². The highest BCUT2D eigenvalue weighted by Gasteiger charge is 2.31. The van der Waals surface area contributed by atoms with Gasteiger partial charge in [0, 0.05) is 36.3 Å². The van der Waals surface area contributed by atoms with Crippen molar-refractivity contribution in [3.05, 3.63) is 46.0 Å². The number of carbonyl (C=O) groups excluding carboxylic acids is 1. The third-order valence-corrected chi connectivity index (χ3v) is 7.19. The predicted octanol–water partition coefficient (Wildman–Crippen LogP) is 2.37. The number of morpholine rings is 1. The number of ether oxygens (including phenoxy) is 1. The van der Waals surface area contributed by atoms with E-state index in [0.717, 1.165) is 69.2 Å². The molecule has 0 radical (unpaired) electrons. The van der Waals surface area contributed by atoms with E-state index in [1.165, 1.54) is 16.0 Å². The van der Waals surface area contributed by atoms with Crippen LogP contribution in [0.25, 0.3) is 0 Å². The van der Waals surface area contributed by atoms with Gasteiger partial charge in [0.15, 0.2) is 5.13 Å². The van der Waals surface area contributed by atoms with Gasteiger partial charge >= 0.3 is 0 Å². The minimum Gasteiger partial charge on any atom is -0.378 e. The summed E-state index contributed by atoms with van der Waals surface area (Å²) in [5, 5.41) is 4.41. The molecule has 0 saturated carbocycles. The smallest absolute Gasteiger partial charge is 0.223 e. The highest BCUT2D eigenvalue weighted by atomic mass is 32.1. The molecular weight excluding hydrogens is 358 g/mol. The van der Waals surface area contributed by atoms with E-state index in [4.69, 9.17) is 9.72 Å². The summed E-state index contributed by atoms with van der Waals surface area (Å²) in [6.45, 7) is 3.38. The monoisotopic (exact) mass is 383 g/mol. The quantitative estimate of drug-likeness (QED) is 0.884. The van der Waals surface area contributed by atoms with E-state index in [9.17, 15) is 4.79 Å². The van der Waals surface area contributed by atoms with Crippen molar-refractivity contribution in [1.82, 2.24) is 10.3 Å². The molecule has 2 aliphatic carbocycles. The average Bonchev–Trinajstić information content (AvgIpc) is 3.31. The van der Waals surface area contributed by atoms with Crippen molar-refractivity contribution in [1.29, 1.82) is 0 Å². The number of nitrogens with one attached hydrogen (secondary N) is 1. The molecule has 1 saturated heterocycles. The van der Waals surface area contributed by atoms with Crippen LogP contribution in [0.4, 0.5) is 5.13 Å². The van der Waals surface area contributed by atoms with Crippen LogP contribution in [0.1, 0.15) is 28.1 Å². The summed E-state index contributed by atoms with van der Waals surface area (Å²) < 4.78 is 5.44. The number of fused-ring (bicyclic) bond motifs is 2. The third kappa shape index (κ3) is 3.48. The Morgan fingerprint density at radius 3 is 2.63 bits per heavy atom. The van der Waals surface area contributed by atoms with Gasteiger partial charge in [0.2, 0.25) is 5.91 Å². The van der Waals surface area contributed by atoms with Crippen LogP contribution in [0.3, 0.4) is 0 Å². The fourth-order valence-corrected chi connectivity index (χ4v) is 5.61. The SMILES string of the molecule is O=C(NC1Cc2ccccc2C1)C1CCc2sc(N3CCOCC3)nc2C1. The topological polar surface area (TPSA) is 54.5 Å². The zero-order valence-electron chi connectivity index (χ0n) is 15.4. The van der Waals surface area contributed by atoms with Crippen molar-refractivity contribution >= 4 is 22.4 Å². The number of thiazole rings is 1. The molecule has 5 rings (SSSR count). The normalized spacial score (nSPS) is 22.4. The van der Waals surface area contributed by atoms with E-state index in [1.54, 1.807) is 0 Å². The molecule has 1 aliphatic heterocycles. The van der Waals surface area contributed by atoms with Gasteiger partial charge in [0.05, 0.1) is 18.9 Å². The molecule has 1 unspecified atom stereocenters. The lowest BCUT2D eigenvalue weighted by Gasteiger charge is -2.26. The van der Waals surface area contributed by atoms with Crippen molar-refractivity contribution in [3.8, 4) is 0 Å². The molecule has 5 nitrogen and oxygen atoms in total. The van der Waals surface area contributed by atoms with Gasteiger partial charge in [-0.15, -0.1) is 11.3 Å². The summed E-state index contributed by atoms with van der Waals surface area (Å²) in [6, 6.07) is 8.77. The maximum Gasteiger partial charge on any atom is 0.223 e. The summed E-state index contributed by atoms with van der Waals surface area (Å²) in [5.74, 6) is 0.264. The second-order valence-corrected chi connectivity index (χ2v) is 8.85. The van der Waals surface area contributed by atoms with Crippen LogP contribution in [0.15, 0.2) is 24.3 Å². The second kappa shape index (κ2) is 7.24. The lowest BCUT2D eigenvalue weighted by molar-refractivity contribution is -0.126. The zero-order valence-corrected chi connectivity index (χ0v) is 16.3. The number of aromatic nitrogens is 1. The highest BCUT2D eigenvalue weighted by Crippen LogP contribution is 2.34. The Balaban J connectivity index is 1.22. The van der Waals surface area contributed by atoms with Gasteiger partial charge in [0.25, 0.3) is 0 Å². The molecule has 0 spiro atoms. The van der Waals surface area contributed by atoms with Crippen LogP contribution >= 0.6 is 11.3 Å². The van der Waals surface area contributed by atoms with E-state index in [0.29, 0.717) is 0 Å². The zero-order chi connectivity index (χ0) is 18.2. The van der Waals surface area contributed by atoms with Gasteiger partial charge in [0.1, 0.15) is 0 Å². The molecule has 3 aliphatic rings. The Bertz CT molecular complexity index is 819. The summed E-state index contributed by atoms with van der Waals surface area (Å²) >= 11 is 1.81. The van der Waals surface area contributed by atoms with E-state index in [2.05, 4.69) is 34.5 Å². The number of hydrogen-bond donors (Lipinski definition) is 1. The molecule has 1 atom stereocenters. The molecule has 1 fully saturated rings. The van der Waals surface area contributed by atoms with Crippen molar-refractivity contribution in [3.63, 3.8) is 0 Å². The Morgan fingerprint density at radius 1 is 1.15 bits per heavy atom. The van der Waals surface area contributed by atoms with Crippen molar-refractivity contribution in [2.75, 3.05) is 31.2 Å². The van der Waals surface area contributed by atoms with E-state index in [1.807, 2.05) is 11.3 Å². The standard InChI is InChI=1S/C21H25N3O2S/c25-20(22-17-11-14-3-1-2-4-15(14)12-17)16-5-6-19-18(13-16)23-21(27-19)24-7-9-26-10-8-24/h1-4,16-17H,5-13H2,(H,22,25). The third-order valence-electron chi connectivity index (χ3n) is 5.98. The molecule has 1 amide bonds. The number of nitrogens with zero attached hydrogens (tertiary/aromatic N) is 2. The van der Waals surface area contributed by atoms with Crippen molar-refractivity contribution < 1.29 is 9.53 Å². The number of carbonyl (C=O) groups is 1. The van der Waals surface area contributed by atoms with E-state index < -0.39 is 0 Å². The summed E-state index contributed by atoms with van der Waals surface area (Å²) in [4.78, 5) is 21.4. The minimum absolute atomic E-state index is 0.0563. The van der Waals surface area contributed by atoms with Gasteiger partial charge < -0.3 is 15.0 Å². The Kier molecular flexibility index (Phi) is 4.61. The maximum atomic E-state index is 12.9. The molecule has 142 valence electrons. The molecule has 1 N–H and O–H groups in total. The molecule has 2 heterocycles. The Hall–Kier alpha value is -1.92. The number of rotatable bonds is 3. The Morgan fingerprint density at radius 2 is 1.89 bits per heavy atom. The number of benzene rings is 1. The fourth-order valence-electron chi connectivity index (χ4n) is 4.46. The molecular formula is C21H25N3O2S. The van der Waals surface area contributed by atoms with Gasteiger partial charge in [-0.25, -0.2) is 4.98 Å². The van der Waals surface area contributed by atoms with Crippen molar-refractivity contribution in [2.45, 2.75) is 38.1 Å². The largest absolute Gasteiger partial charge is 0.378 e. The average molecular weight is 384 g/mol. The first-order chi connectivity index (χ1) is 13.3. The van der Waals surface area contributed by atoms with Crippen LogP contribution in [-0.2, 0) is 35.2 Å². The summed E-state index contributed by atoms with van der Waals surface area (Å²) in [6.07, 6.45) is 4.60. The van der Waals surface area contributed by atoms with Gasteiger partial charge in [-0.05, 0) is 36.8 Å². The van der Waals surface area contributed by atoms with Gasteiger partial charge in [-0.3, -0.25) is 4.79 Å². The molecule has 6 heteroatoms. The number of anilines is 1. The van der Waals surface area contributed by atoms with Crippen LogP contribution in [0.2, 0.25) is 0 Å². The first-order valence-corrected chi connectivity index (χ1v) is 10.8. The first-order valence-electron chi connectivity index (χ1n) is 9.94. The lowest BCUT2D eigenvalue weighted by Crippen LogP contribution is -2.41. The van der Waals surface area contributed by atoms with Crippen molar-refractivity contribution in [2.24, 2.45) is 5.92 Å². The Labute approximate surface area is 163 Å². The van der Waals surface area contributed by atoms with Crippen LogP contribution in [0, 0.1) is 5.92 Å².